The fourth-order valence-corrected chi connectivity index (χ4v) is 9.36. The lowest BCUT2D eigenvalue weighted by molar-refractivity contribution is -0.295. The highest BCUT2D eigenvalue weighted by Gasteiger charge is 2.51. The number of ether oxygens (including phenoxy) is 4. The summed E-state index contributed by atoms with van der Waals surface area (Å²) in [5, 5.41) is 11.4. The third kappa shape index (κ3) is 10.3. The molecule has 3 heterocycles. The van der Waals surface area contributed by atoms with E-state index in [1.165, 1.54) is 51.5 Å². The Morgan fingerprint density at radius 1 is 0.980 bits per heavy atom. The van der Waals surface area contributed by atoms with Gasteiger partial charge in [0.25, 0.3) is 0 Å². The molecule has 4 rings (SSSR count). The zero-order valence-corrected chi connectivity index (χ0v) is 32.6. The van der Waals surface area contributed by atoms with Crippen LogP contribution in [0.2, 0.25) is 0 Å². The van der Waals surface area contributed by atoms with Crippen LogP contribution in [0.4, 0.5) is 0 Å². The number of aliphatic hydroxyl groups is 1. The van der Waals surface area contributed by atoms with Gasteiger partial charge < -0.3 is 33.9 Å². The van der Waals surface area contributed by atoms with E-state index in [0.29, 0.717) is 18.8 Å². The maximum absolute atomic E-state index is 14.3. The molecular weight excluding hydrogens is 622 g/mol. The van der Waals surface area contributed by atoms with E-state index < -0.39 is 41.4 Å². The Kier molecular flexibility index (Phi) is 14.6. The van der Waals surface area contributed by atoms with Crippen molar-refractivity contribution < 1.29 is 33.6 Å². The summed E-state index contributed by atoms with van der Waals surface area (Å²) < 4.78 is 25.2. The smallest absolute Gasteiger partial charge is 0.319 e. The van der Waals surface area contributed by atoms with Crippen LogP contribution < -0.4 is 0 Å². The van der Waals surface area contributed by atoms with Gasteiger partial charge in [0.2, 0.25) is 0 Å². The molecule has 3 aliphatic heterocycles. The van der Waals surface area contributed by atoms with Crippen molar-refractivity contribution in [1.29, 1.82) is 0 Å². The highest BCUT2D eigenvalue weighted by atomic mass is 16.7. The van der Waals surface area contributed by atoms with Crippen molar-refractivity contribution in [3.8, 4) is 0 Å². The number of Topliss-reactive ketones (excluding diaryl/α,β-unsaturated/α-hetero) is 1. The summed E-state index contributed by atoms with van der Waals surface area (Å²) in [6, 6.07) is -0.107. The van der Waals surface area contributed by atoms with Gasteiger partial charge in [0.1, 0.15) is 18.1 Å². The Hall–Kier alpha value is -1.14. The van der Waals surface area contributed by atoms with Crippen LogP contribution >= 0.6 is 0 Å². The molecule has 0 aromatic heterocycles. The van der Waals surface area contributed by atoms with E-state index in [-0.39, 0.29) is 36.5 Å². The molecule has 0 radical (unpaired) electrons. The van der Waals surface area contributed by atoms with Gasteiger partial charge in [-0.3, -0.25) is 14.5 Å². The predicted molar refractivity (Wildman–Crippen MR) is 192 cm³/mol. The molecule has 10 heteroatoms. The first-order valence-electron chi connectivity index (χ1n) is 19.4. The van der Waals surface area contributed by atoms with Crippen molar-refractivity contribution in [1.82, 2.24) is 14.7 Å². The molecule has 1 N–H and O–H groups in total. The van der Waals surface area contributed by atoms with Crippen molar-refractivity contribution in [2.75, 3.05) is 61.0 Å². The monoisotopic (exact) mass is 694 g/mol. The summed E-state index contributed by atoms with van der Waals surface area (Å²) in [5.74, 6) is 0.104. The normalized spacial score (nSPS) is 38.9. The Bertz CT molecular complexity index is 1060. The van der Waals surface area contributed by atoms with Crippen LogP contribution in [0.3, 0.4) is 0 Å². The Morgan fingerprint density at radius 2 is 1.63 bits per heavy atom. The van der Waals surface area contributed by atoms with Gasteiger partial charge in [-0.25, -0.2) is 0 Å². The number of esters is 1. The Morgan fingerprint density at radius 3 is 2.24 bits per heavy atom. The maximum Gasteiger partial charge on any atom is 0.319 e. The van der Waals surface area contributed by atoms with E-state index in [1.54, 1.807) is 27.9 Å². The molecule has 4 fully saturated rings. The number of carbonyl (C=O) groups is 2. The van der Waals surface area contributed by atoms with E-state index in [0.717, 1.165) is 32.0 Å². The number of likely N-dealkylation sites (N-methyl/N-ethyl adjacent to an activating group) is 2. The average molecular weight is 694 g/mol. The lowest BCUT2D eigenvalue weighted by Crippen LogP contribution is -2.59. The number of nitrogens with zero attached hydrogens (tertiary/aromatic N) is 3. The molecule has 9 atom stereocenters. The summed E-state index contributed by atoms with van der Waals surface area (Å²) in [7, 11) is 7.68. The van der Waals surface area contributed by atoms with Gasteiger partial charge in [0, 0.05) is 38.2 Å². The topological polar surface area (TPSA) is 101 Å². The van der Waals surface area contributed by atoms with E-state index in [4.69, 9.17) is 18.9 Å². The van der Waals surface area contributed by atoms with Crippen LogP contribution in [0.5, 0.6) is 0 Å². The molecule has 0 aromatic rings. The van der Waals surface area contributed by atoms with Gasteiger partial charge in [-0.2, -0.15) is 0 Å². The Balaban J connectivity index is 1.52. The molecule has 0 amide bonds. The van der Waals surface area contributed by atoms with E-state index in [2.05, 4.69) is 23.8 Å². The second-order valence-electron chi connectivity index (χ2n) is 17.4. The standard InChI is InChI=1S/C39H71N3O7/c1-26-22-39(6,46-10)35(49-36-33(43)32(40(7)8)20-27(2)48-36)28(3)34(44)38(4,5)37(45)47-25-31(41(9)23-26)21-29-16-18-42(19-17-29)24-30-14-12-11-13-15-30/h26-33,35-36,43H,11-25H2,1-10H3/t26-,27-,28+,31+,32+,33-,35-,36+,39-/m1/s1. The van der Waals surface area contributed by atoms with Gasteiger partial charge in [-0.05, 0) is 125 Å². The Labute approximate surface area is 297 Å². The molecule has 0 bridgehead atoms. The van der Waals surface area contributed by atoms with Gasteiger partial charge in [0.05, 0.1) is 17.8 Å². The fraction of sp³-hybridized carbons (Fsp3) is 0.949. The van der Waals surface area contributed by atoms with Gasteiger partial charge in [0.15, 0.2) is 12.1 Å². The molecular formula is C39H71N3O7. The summed E-state index contributed by atoms with van der Waals surface area (Å²) >= 11 is 0. The number of cyclic esters (lactones) is 1. The second kappa shape index (κ2) is 17.6. The first-order chi connectivity index (χ1) is 23.0. The highest BCUT2D eigenvalue weighted by Crippen LogP contribution is 2.39. The highest BCUT2D eigenvalue weighted by molar-refractivity contribution is 6.04. The number of piperidine rings is 1. The fourth-order valence-electron chi connectivity index (χ4n) is 9.36. The van der Waals surface area contributed by atoms with Crippen molar-refractivity contribution in [2.45, 2.75) is 148 Å². The number of rotatable bonds is 8. The summed E-state index contributed by atoms with van der Waals surface area (Å²) in [4.78, 5) is 35.1. The maximum atomic E-state index is 14.3. The predicted octanol–water partition coefficient (Wildman–Crippen LogP) is 5.00. The van der Waals surface area contributed by atoms with Crippen LogP contribution in [0, 0.1) is 29.1 Å². The molecule has 4 aliphatic rings. The molecule has 3 saturated heterocycles. The zero-order valence-electron chi connectivity index (χ0n) is 32.6. The summed E-state index contributed by atoms with van der Waals surface area (Å²) in [6.07, 6.45) is 8.74. The van der Waals surface area contributed by atoms with Crippen molar-refractivity contribution >= 4 is 11.8 Å². The minimum Gasteiger partial charge on any atom is -0.463 e. The van der Waals surface area contributed by atoms with E-state index in [9.17, 15) is 14.7 Å². The largest absolute Gasteiger partial charge is 0.463 e. The summed E-state index contributed by atoms with van der Waals surface area (Å²) in [6.45, 7) is 15.9. The quantitative estimate of drug-likeness (QED) is 0.276. The number of aliphatic hydroxyl groups excluding tert-OH is 1. The number of ketones is 1. The SMILES string of the molecule is CO[C@]1(C)C[C@@H](C)CN(C)[C@@H](CC2CCN(CC3CCCCC3)CC2)COC(=O)C(C)(C)C(=O)[C@H](C)[C@H]1O[C@@H]1O[C@H](C)C[C@H](N(C)C)[C@H]1O. The molecule has 0 unspecified atom stereocenters. The lowest BCUT2D eigenvalue weighted by Gasteiger charge is -2.47. The van der Waals surface area contributed by atoms with Crippen LogP contribution in [-0.4, -0.2) is 135 Å². The number of hydrogen-bond donors (Lipinski definition) is 1. The van der Waals surface area contributed by atoms with Gasteiger partial charge >= 0.3 is 5.97 Å². The number of hydrogen-bond acceptors (Lipinski definition) is 10. The molecule has 0 aromatic carbocycles. The van der Waals surface area contributed by atoms with Crippen molar-refractivity contribution in [2.24, 2.45) is 29.1 Å². The van der Waals surface area contributed by atoms with Gasteiger partial charge in [-0.1, -0.05) is 33.1 Å². The van der Waals surface area contributed by atoms with Crippen molar-refractivity contribution in [3.05, 3.63) is 0 Å². The number of likely N-dealkylation sites (tertiary alicyclic amines) is 1. The average Bonchev–Trinajstić information content (AvgIpc) is 3.06. The molecule has 284 valence electrons. The first-order valence-corrected chi connectivity index (χ1v) is 19.4. The van der Waals surface area contributed by atoms with Crippen LogP contribution in [-0.2, 0) is 28.5 Å². The summed E-state index contributed by atoms with van der Waals surface area (Å²) in [5.41, 5.74) is -2.30. The minimum absolute atomic E-state index is 0.0569. The third-order valence-electron chi connectivity index (χ3n) is 12.6. The first kappa shape index (κ1) is 40.6. The van der Waals surface area contributed by atoms with E-state index >= 15 is 0 Å². The number of carbonyl (C=O) groups excluding carboxylic acids is 2. The zero-order chi connectivity index (χ0) is 36.1. The van der Waals surface area contributed by atoms with Gasteiger partial charge in [-0.15, -0.1) is 0 Å². The van der Waals surface area contributed by atoms with Crippen LogP contribution in [0.25, 0.3) is 0 Å². The molecule has 1 aliphatic carbocycles. The number of methoxy groups -OCH3 is 1. The lowest BCUT2D eigenvalue weighted by atomic mass is 9.74. The minimum atomic E-state index is -1.39. The second-order valence-corrected chi connectivity index (χ2v) is 17.4. The molecule has 0 spiro atoms. The van der Waals surface area contributed by atoms with Crippen molar-refractivity contribution in [3.63, 3.8) is 0 Å². The van der Waals surface area contributed by atoms with Crippen LogP contribution in [0.1, 0.15) is 106 Å². The molecule has 10 nitrogen and oxygen atoms in total. The van der Waals surface area contributed by atoms with E-state index in [1.807, 2.05) is 32.8 Å². The third-order valence-corrected chi connectivity index (χ3v) is 12.6. The van der Waals surface area contributed by atoms with Crippen LogP contribution in [0.15, 0.2) is 0 Å². The molecule has 49 heavy (non-hydrogen) atoms. The molecule has 1 saturated carbocycles.